The van der Waals surface area contributed by atoms with Crippen molar-refractivity contribution >= 4 is 11.6 Å². The molecule has 0 heterocycles. The molecule has 3 heteroatoms. The van der Waals surface area contributed by atoms with Crippen molar-refractivity contribution in [3.8, 4) is 0 Å². The van der Waals surface area contributed by atoms with Gasteiger partial charge in [-0.05, 0) is 55.5 Å². The number of benzene rings is 2. The summed E-state index contributed by atoms with van der Waals surface area (Å²) in [4.78, 5) is 0. The van der Waals surface area contributed by atoms with Crippen LogP contribution in [0.2, 0.25) is 5.02 Å². The van der Waals surface area contributed by atoms with Crippen molar-refractivity contribution in [3.63, 3.8) is 0 Å². The third-order valence-electron chi connectivity index (χ3n) is 3.73. The fourth-order valence-electron chi connectivity index (χ4n) is 2.75. The summed E-state index contributed by atoms with van der Waals surface area (Å²) >= 11 is 6.27. The van der Waals surface area contributed by atoms with Crippen LogP contribution in [-0.4, -0.2) is 0 Å². The third-order valence-corrected chi connectivity index (χ3v) is 4.07. The van der Waals surface area contributed by atoms with E-state index in [2.05, 4.69) is 38.3 Å². The van der Waals surface area contributed by atoms with Gasteiger partial charge in [0.15, 0.2) is 0 Å². The number of nitrogens with two attached hydrogens (primary N) is 1. The standard InChI is InChI=1S/C17H21ClN2/c1-11-8-12(2)15(13(3)9-11)10-17(20-19)14-6-4-5-7-16(14)18/h4-9,17,20H,10,19H2,1-3H3. The molecule has 0 saturated carbocycles. The topological polar surface area (TPSA) is 38.0 Å². The van der Waals surface area contributed by atoms with E-state index in [1.165, 1.54) is 22.3 Å². The molecule has 2 aromatic rings. The number of rotatable bonds is 4. The predicted octanol–water partition coefficient (Wildman–Crippen LogP) is 4.01. The van der Waals surface area contributed by atoms with Gasteiger partial charge >= 0.3 is 0 Å². The lowest BCUT2D eigenvalue weighted by molar-refractivity contribution is 0.550. The van der Waals surface area contributed by atoms with Gasteiger partial charge in [-0.2, -0.15) is 0 Å². The minimum Gasteiger partial charge on any atom is -0.271 e. The van der Waals surface area contributed by atoms with Gasteiger partial charge in [0.05, 0.1) is 6.04 Å². The van der Waals surface area contributed by atoms with E-state index in [4.69, 9.17) is 17.4 Å². The maximum atomic E-state index is 6.27. The van der Waals surface area contributed by atoms with Crippen molar-refractivity contribution in [1.82, 2.24) is 5.43 Å². The van der Waals surface area contributed by atoms with Gasteiger partial charge in [-0.25, -0.2) is 0 Å². The molecule has 0 bridgehead atoms. The molecule has 1 atom stereocenters. The maximum absolute atomic E-state index is 6.27. The van der Waals surface area contributed by atoms with E-state index >= 15 is 0 Å². The van der Waals surface area contributed by atoms with Crippen LogP contribution in [0.3, 0.4) is 0 Å². The molecule has 0 saturated heterocycles. The Hall–Kier alpha value is -1.35. The number of hydrogen-bond acceptors (Lipinski definition) is 2. The van der Waals surface area contributed by atoms with Crippen LogP contribution >= 0.6 is 11.6 Å². The molecule has 0 aromatic heterocycles. The zero-order valence-corrected chi connectivity index (χ0v) is 13.0. The van der Waals surface area contributed by atoms with Gasteiger partial charge in [-0.15, -0.1) is 0 Å². The molecule has 20 heavy (non-hydrogen) atoms. The fraction of sp³-hybridized carbons (Fsp3) is 0.294. The molecule has 0 aliphatic rings. The highest BCUT2D eigenvalue weighted by Gasteiger charge is 2.16. The van der Waals surface area contributed by atoms with Crippen LogP contribution in [0, 0.1) is 20.8 Å². The zero-order valence-electron chi connectivity index (χ0n) is 12.2. The van der Waals surface area contributed by atoms with Crippen molar-refractivity contribution < 1.29 is 0 Å². The minimum atomic E-state index is 0.0174. The second-order valence-corrected chi connectivity index (χ2v) is 5.73. The summed E-state index contributed by atoms with van der Waals surface area (Å²) in [5.41, 5.74) is 9.15. The van der Waals surface area contributed by atoms with Crippen LogP contribution in [0.4, 0.5) is 0 Å². The van der Waals surface area contributed by atoms with Gasteiger partial charge in [-0.3, -0.25) is 11.3 Å². The highest BCUT2D eigenvalue weighted by molar-refractivity contribution is 6.31. The summed E-state index contributed by atoms with van der Waals surface area (Å²) in [6, 6.07) is 12.3. The molecule has 0 radical (unpaired) electrons. The lowest BCUT2D eigenvalue weighted by atomic mass is 9.92. The van der Waals surface area contributed by atoms with Gasteiger partial charge in [0, 0.05) is 5.02 Å². The van der Waals surface area contributed by atoms with Crippen molar-refractivity contribution in [2.24, 2.45) is 5.84 Å². The summed E-state index contributed by atoms with van der Waals surface area (Å²) in [5.74, 6) is 5.74. The van der Waals surface area contributed by atoms with E-state index < -0.39 is 0 Å². The summed E-state index contributed by atoms with van der Waals surface area (Å²) < 4.78 is 0. The number of hydrazine groups is 1. The number of nitrogens with one attached hydrogen (secondary N) is 1. The predicted molar refractivity (Wildman–Crippen MR) is 85.9 cm³/mol. The Balaban J connectivity index is 2.35. The highest BCUT2D eigenvalue weighted by atomic mass is 35.5. The van der Waals surface area contributed by atoms with Gasteiger partial charge < -0.3 is 0 Å². The van der Waals surface area contributed by atoms with Crippen LogP contribution in [-0.2, 0) is 6.42 Å². The Bertz CT molecular complexity index is 585. The minimum absolute atomic E-state index is 0.0174. The average Bonchev–Trinajstić information content (AvgIpc) is 2.39. The van der Waals surface area contributed by atoms with E-state index in [0.29, 0.717) is 0 Å². The van der Waals surface area contributed by atoms with Gasteiger partial charge in [0.25, 0.3) is 0 Å². The lowest BCUT2D eigenvalue weighted by Crippen LogP contribution is -2.30. The third kappa shape index (κ3) is 3.21. The molecule has 0 spiro atoms. The Morgan fingerprint density at radius 2 is 1.70 bits per heavy atom. The molecule has 1 unspecified atom stereocenters. The number of hydrogen-bond donors (Lipinski definition) is 2. The lowest BCUT2D eigenvalue weighted by Gasteiger charge is -2.20. The maximum Gasteiger partial charge on any atom is 0.0515 e. The van der Waals surface area contributed by atoms with Crippen LogP contribution in [0.5, 0.6) is 0 Å². The van der Waals surface area contributed by atoms with Crippen LogP contribution in [0.25, 0.3) is 0 Å². The van der Waals surface area contributed by atoms with Gasteiger partial charge in [0.1, 0.15) is 0 Å². The number of halogens is 1. The van der Waals surface area contributed by atoms with Crippen molar-refractivity contribution in [2.45, 2.75) is 33.2 Å². The summed E-state index contributed by atoms with van der Waals surface area (Å²) in [6.45, 7) is 6.42. The molecule has 0 aliphatic heterocycles. The van der Waals surface area contributed by atoms with Crippen molar-refractivity contribution in [2.75, 3.05) is 0 Å². The van der Waals surface area contributed by atoms with Crippen LogP contribution in [0.15, 0.2) is 36.4 Å². The van der Waals surface area contributed by atoms with E-state index in [9.17, 15) is 0 Å². The molecular weight excluding hydrogens is 268 g/mol. The summed E-state index contributed by atoms with van der Waals surface area (Å²) in [5, 5.41) is 0.748. The second-order valence-electron chi connectivity index (χ2n) is 5.32. The van der Waals surface area contributed by atoms with E-state index in [1.807, 2.05) is 24.3 Å². The monoisotopic (exact) mass is 288 g/mol. The first-order valence-electron chi connectivity index (χ1n) is 6.80. The smallest absolute Gasteiger partial charge is 0.0515 e. The van der Waals surface area contributed by atoms with E-state index in [0.717, 1.165) is 17.0 Å². The van der Waals surface area contributed by atoms with Gasteiger partial charge in [0.2, 0.25) is 0 Å². The average molecular weight is 289 g/mol. The quantitative estimate of drug-likeness (QED) is 0.659. The normalized spacial score (nSPS) is 12.4. The summed E-state index contributed by atoms with van der Waals surface area (Å²) in [7, 11) is 0. The molecule has 2 rings (SSSR count). The highest BCUT2D eigenvalue weighted by Crippen LogP contribution is 2.27. The Morgan fingerprint density at radius 1 is 1.10 bits per heavy atom. The number of aryl methyl sites for hydroxylation is 3. The van der Waals surface area contributed by atoms with Crippen molar-refractivity contribution in [1.29, 1.82) is 0 Å². The largest absolute Gasteiger partial charge is 0.271 e. The van der Waals surface area contributed by atoms with E-state index in [-0.39, 0.29) is 6.04 Å². The zero-order chi connectivity index (χ0) is 14.7. The molecule has 2 nitrogen and oxygen atoms in total. The molecular formula is C17H21ClN2. The first-order valence-corrected chi connectivity index (χ1v) is 7.18. The first-order chi connectivity index (χ1) is 9.52. The van der Waals surface area contributed by atoms with Gasteiger partial charge in [-0.1, -0.05) is 47.5 Å². The molecule has 0 fully saturated rings. The van der Waals surface area contributed by atoms with Crippen molar-refractivity contribution in [3.05, 3.63) is 69.2 Å². The van der Waals surface area contributed by atoms with Crippen LogP contribution < -0.4 is 11.3 Å². The fourth-order valence-corrected chi connectivity index (χ4v) is 3.02. The molecule has 3 N–H and O–H groups in total. The Kier molecular flexibility index (Phi) is 4.81. The second kappa shape index (κ2) is 6.40. The molecule has 0 aliphatic carbocycles. The SMILES string of the molecule is Cc1cc(C)c(CC(NN)c2ccccc2Cl)c(C)c1. The molecule has 2 aromatic carbocycles. The Labute approximate surface area is 125 Å². The molecule has 0 amide bonds. The Morgan fingerprint density at radius 3 is 2.25 bits per heavy atom. The molecule has 106 valence electrons. The van der Waals surface area contributed by atoms with Crippen LogP contribution in [0.1, 0.15) is 33.9 Å². The summed E-state index contributed by atoms with van der Waals surface area (Å²) in [6.07, 6.45) is 0.832. The first kappa shape index (κ1) is 15.0. The van der Waals surface area contributed by atoms with E-state index in [1.54, 1.807) is 0 Å².